The maximum absolute atomic E-state index is 11.8. The third kappa shape index (κ3) is 3.68. The van der Waals surface area contributed by atoms with Gasteiger partial charge >= 0.3 is 0 Å². The largest absolute Gasteiger partial charge is 0.368 e. The Morgan fingerprint density at radius 3 is 2.68 bits per heavy atom. The molecule has 9 heteroatoms. The molecule has 1 aliphatic rings. The summed E-state index contributed by atoms with van der Waals surface area (Å²) in [5, 5.41) is 6.99. The summed E-state index contributed by atoms with van der Waals surface area (Å²) in [5.41, 5.74) is 12.6. The summed E-state index contributed by atoms with van der Waals surface area (Å²) in [6.45, 7) is 0. The number of carbonyl (C=O) groups excluding carboxylic acids is 2. The second-order valence-corrected chi connectivity index (χ2v) is 6.72. The van der Waals surface area contributed by atoms with Gasteiger partial charge in [0.05, 0.1) is 5.52 Å². The van der Waals surface area contributed by atoms with Gasteiger partial charge in [0, 0.05) is 23.5 Å². The molecular weight excluding hydrogens is 358 g/mol. The second kappa shape index (κ2) is 7.10. The van der Waals surface area contributed by atoms with Crippen LogP contribution in [0, 0.1) is 5.92 Å². The molecule has 142 valence electrons. The van der Waals surface area contributed by atoms with Gasteiger partial charge in [-0.05, 0) is 43.0 Å². The van der Waals surface area contributed by atoms with Gasteiger partial charge < -0.3 is 22.1 Å². The van der Waals surface area contributed by atoms with Crippen LogP contribution in [0.4, 0.5) is 17.5 Å². The van der Waals surface area contributed by atoms with Gasteiger partial charge in [-0.25, -0.2) is 4.98 Å². The van der Waals surface area contributed by atoms with Crippen molar-refractivity contribution in [1.82, 2.24) is 15.0 Å². The van der Waals surface area contributed by atoms with Crippen molar-refractivity contribution in [1.29, 1.82) is 0 Å². The number of nitrogens with zero attached hydrogens (tertiary/aromatic N) is 3. The van der Waals surface area contributed by atoms with E-state index in [2.05, 4.69) is 25.6 Å². The van der Waals surface area contributed by atoms with Crippen molar-refractivity contribution in [2.75, 3.05) is 10.6 Å². The normalized spacial score (nSPS) is 14.4. The first-order valence-corrected chi connectivity index (χ1v) is 8.86. The molecule has 1 unspecified atom stereocenters. The van der Waals surface area contributed by atoms with Crippen molar-refractivity contribution in [2.24, 2.45) is 17.4 Å². The van der Waals surface area contributed by atoms with E-state index in [1.54, 1.807) is 6.20 Å². The van der Waals surface area contributed by atoms with Gasteiger partial charge in [-0.3, -0.25) is 14.6 Å². The van der Waals surface area contributed by atoms with Crippen LogP contribution in [0.3, 0.4) is 0 Å². The Bertz CT molecular complexity index is 1070. The molecule has 6 N–H and O–H groups in total. The Morgan fingerprint density at radius 2 is 1.96 bits per heavy atom. The number of nitrogens with two attached hydrogens (primary N) is 2. The Kier molecular flexibility index (Phi) is 4.48. The lowest BCUT2D eigenvalue weighted by Crippen LogP contribution is -2.37. The Hall–Kier alpha value is -3.75. The zero-order chi connectivity index (χ0) is 19.7. The van der Waals surface area contributed by atoms with Gasteiger partial charge in [0.25, 0.3) is 5.91 Å². The number of aromatic nitrogens is 3. The van der Waals surface area contributed by atoms with Crippen LogP contribution in [-0.4, -0.2) is 32.8 Å². The second-order valence-electron chi connectivity index (χ2n) is 6.72. The first kappa shape index (κ1) is 17.7. The van der Waals surface area contributed by atoms with E-state index in [4.69, 9.17) is 11.5 Å². The molecule has 1 saturated carbocycles. The minimum atomic E-state index is -0.662. The van der Waals surface area contributed by atoms with Crippen molar-refractivity contribution in [3.05, 3.63) is 48.3 Å². The van der Waals surface area contributed by atoms with Crippen LogP contribution >= 0.6 is 0 Å². The molecule has 2 amide bonds. The van der Waals surface area contributed by atoms with Gasteiger partial charge in [0.1, 0.15) is 17.4 Å². The zero-order valence-electron chi connectivity index (χ0n) is 14.9. The fourth-order valence-electron chi connectivity index (χ4n) is 3.01. The fourth-order valence-corrected chi connectivity index (χ4v) is 3.01. The zero-order valence-corrected chi connectivity index (χ0v) is 14.9. The smallest absolute Gasteiger partial charge is 0.254 e. The predicted molar refractivity (Wildman–Crippen MR) is 105 cm³/mol. The van der Waals surface area contributed by atoms with Crippen molar-refractivity contribution in [3.63, 3.8) is 0 Å². The molecule has 2 aromatic heterocycles. The Labute approximate surface area is 160 Å². The van der Waals surface area contributed by atoms with Gasteiger partial charge in [0.15, 0.2) is 0 Å². The van der Waals surface area contributed by atoms with E-state index in [1.807, 2.05) is 30.3 Å². The van der Waals surface area contributed by atoms with Crippen molar-refractivity contribution in [3.8, 4) is 0 Å². The highest BCUT2D eigenvalue weighted by atomic mass is 16.1. The number of fused-ring (bicyclic) bond motifs is 1. The first-order chi connectivity index (χ1) is 13.5. The van der Waals surface area contributed by atoms with E-state index < -0.39 is 17.9 Å². The molecule has 0 saturated heterocycles. The number of rotatable bonds is 7. The highest BCUT2D eigenvalue weighted by Gasteiger charge is 2.35. The monoisotopic (exact) mass is 377 g/mol. The third-order valence-electron chi connectivity index (χ3n) is 4.60. The minimum Gasteiger partial charge on any atom is -0.368 e. The van der Waals surface area contributed by atoms with E-state index in [-0.39, 0.29) is 23.2 Å². The molecular formula is C19H19N7O2. The highest BCUT2D eigenvalue weighted by molar-refractivity contribution is 5.98. The molecule has 2 heterocycles. The lowest BCUT2D eigenvalue weighted by Gasteiger charge is -2.16. The van der Waals surface area contributed by atoms with Gasteiger partial charge in [-0.2, -0.15) is 4.98 Å². The van der Waals surface area contributed by atoms with E-state index in [0.29, 0.717) is 5.69 Å². The van der Waals surface area contributed by atoms with Crippen LogP contribution in [-0.2, 0) is 4.79 Å². The summed E-state index contributed by atoms with van der Waals surface area (Å²) >= 11 is 0. The number of hydrogen-bond donors (Lipinski definition) is 4. The van der Waals surface area contributed by atoms with Gasteiger partial charge in [-0.1, -0.05) is 6.07 Å². The van der Waals surface area contributed by atoms with Gasteiger partial charge in [0.2, 0.25) is 11.9 Å². The van der Waals surface area contributed by atoms with E-state index >= 15 is 0 Å². The molecule has 0 aliphatic heterocycles. The molecule has 1 aliphatic carbocycles. The van der Waals surface area contributed by atoms with Crippen LogP contribution in [0.2, 0.25) is 0 Å². The van der Waals surface area contributed by atoms with E-state index in [9.17, 15) is 9.59 Å². The van der Waals surface area contributed by atoms with E-state index in [1.165, 1.54) is 6.20 Å². The average molecular weight is 377 g/mol. The van der Waals surface area contributed by atoms with Crippen molar-refractivity contribution in [2.45, 2.75) is 18.9 Å². The molecule has 0 radical (unpaired) electrons. The number of carbonyl (C=O) groups is 2. The number of pyridine rings is 1. The molecule has 3 aromatic rings. The fraction of sp³-hybridized carbons (Fsp3) is 0.211. The summed E-state index contributed by atoms with van der Waals surface area (Å²) < 4.78 is 0. The first-order valence-electron chi connectivity index (χ1n) is 8.86. The lowest BCUT2D eigenvalue weighted by molar-refractivity contribution is -0.119. The van der Waals surface area contributed by atoms with Crippen molar-refractivity contribution >= 4 is 40.2 Å². The number of hydrogen-bond acceptors (Lipinski definition) is 7. The lowest BCUT2D eigenvalue weighted by atomic mass is 10.2. The van der Waals surface area contributed by atoms with Crippen LogP contribution < -0.4 is 22.1 Å². The standard InChI is InChI=1S/C19H19N7O2/c20-16(27)13-9-23-19(25-15(17(21)28)10-3-4-10)26-18(13)24-12-5-6-14-11(8-12)2-1-7-22-14/h1-2,5-10,15H,3-4H2,(H2,20,27)(H2,21,28)(H2,23,24,25,26). The summed E-state index contributed by atoms with van der Waals surface area (Å²) in [6.07, 6.45) is 4.90. The number of benzene rings is 1. The van der Waals surface area contributed by atoms with Crippen LogP contribution in [0.25, 0.3) is 10.9 Å². The third-order valence-corrected chi connectivity index (χ3v) is 4.60. The molecule has 1 fully saturated rings. The maximum Gasteiger partial charge on any atom is 0.254 e. The van der Waals surface area contributed by atoms with Crippen LogP contribution in [0.5, 0.6) is 0 Å². The van der Waals surface area contributed by atoms with Crippen LogP contribution in [0.15, 0.2) is 42.7 Å². The molecule has 28 heavy (non-hydrogen) atoms. The topological polar surface area (TPSA) is 149 Å². The van der Waals surface area contributed by atoms with Crippen molar-refractivity contribution < 1.29 is 9.59 Å². The molecule has 4 rings (SSSR count). The summed E-state index contributed by atoms with van der Waals surface area (Å²) in [4.78, 5) is 36.2. The van der Waals surface area contributed by atoms with E-state index in [0.717, 1.165) is 23.7 Å². The molecule has 1 atom stereocenters. The Balaban J connectivity index is 1.65. The number of anilines is 3. The van der Waals surface area contributed by atoms with Gasteiger partial charge in [-0.15, -0.1) is 0 Å². The number of nitrogens with one attached hydrogen (secondary N) is 2. The SMILES string of the molecule is NC(=O)c1cnc(NC(C(N)=O)C2CC2)nc1Nc1ccc2ncccc2c1. The molecule has 9 nitrogen and oxygen atoms in total. The minimum absolute atomic E-state index is 0.138. The number of primary amides is 2. The predicted octanol–water partition coefficient (Wildman–Crippen LogP) is 1.54. The maximum atomic E-state index is 11.8. The highest BCUT2D eigenvalue weighted by Crippen LogP contribution is 2.34. The average Bonchev–Trinajstić information content (AvgIpc) is 3.51. The van der Waals surface area contributed by atoms with Crippen LogP contribution in [0.1, 0.15) is 23.2 Å². The number of amides is 2. The summed E-state index contributed by atoms with van der Waals surface area (Å²) in [5.74, 6) is -0.494. The molecule has 1 aromatic carbocycles. The summed E-state index contributed by atoms with van der Waals surface area (Å²) in [7, 11) is 0. The molecule has 0 bridgehead atoms. The quantitative estimate of drug-likeness (QED) is 0.488. The molecule has 0 spiro atoms. The Morgan fingerprint density at radius 1 is 1.14 bits per heavy atom. The summed E-state index contributed by atoms with van der Waals surface area (Å²) in [6, 6.07) is 8.81.